The SMILES string of the molecule is COc1ccc(NC(=O)NCc2ccno2)c(C(=O)O)c1. The molecule has 0 aliphatic heterocycles. The molecule has 0 fully saturated rings. The predicted octanol–water partition coefficient (Wildman–Crippen LogP) is 1.70. The van der Waals surface area contributed by atoms with E-state index >= 15 is 0 Å². The first-order chi connectivity index (χ1) is 10.1. The number of carboxylic acids is 1. The van der Waals surface area contributed by atoms with Crippen molar-refractivity contribution in [3.05, 3.63) is 41.8 Å². The molecule has 1 aromatic heterocycles. The van der Waals surface area contributed by atoms with E-state index in [1.165, 1.54) is 25.4 Å². The zero-order valence-electron chi connectivity index (χ0n) is 11.1. The Balaban J connectivity index is 2.04. The monoisotopic (exact) mass is 291 g/mol. The van der Waals surface area contributed by atoms with Crippen molar-refractivity contribution in [1.29, 1.82) is 0 Å². The van der Waals surface area contributed by atoms with E-state index in [1.807, 2.05) is 0 Å². The van der Waals surface area contributed by atoms with Crippen molar-refractivity contribution in [1.82, 2.24) is 10.5 Å². The zero-order valence-corrected chi connectivity index (χ0v) is 11.1. The minimum absolute atomic E-state index is 0.0656. The number of hydrogen-bond donors (Lipinski definition) is 3. The standard InChI is InChI=1S/C13H13N3O5/c1-20-8-2-3-11(10(6-8)12(17)18)16-13(19)14-7-9-4-5-15-21-9/h2-6H,7H2,1H3,(H,17,18)(H2,14,16,19). The fraction of sp³-hybridized carbons (Fsp3) is 0.154. The molecule has 0 saturated carbocycles. The van der Waals surface area contributed by atoms with Crippen LogP contribution in [0, 0.1) is 0 Å². The van der Waals surface area contributed by atoms with Gasteiger partial charge >= 0.3 is 12.0 Å². The van der Waals surface area contributed by atoms with E-state index in [1.54, 1.807) is 12.1 Å². The molecular formula is C13H13N3O5. The summed E-state index contributed by atoms with van der Waals surface area (Å²) in [6.45, 7) is 0.143. The number of urea groups is 1. The lowest BCUT2D eigenvalue weighted by atomic mass is 10.1. The first-order valence-electron chi connectivity index (χ1n) is 5.96. The number of nitrogens with zero attached hydrogens (tertiary/aromatic N) is 1. The summed E-state index contributed by atoms with van der Waals surface area (Å²) in [6.07, 6.45) is 1.46. The van der Waals surface area contributed by atoms with E-state index in [4.69, 9.17) is 14.4 Å². The van der Waals surface area contributed by atoms with Crippen molar-refractivity contribution in [2.24, 2.45) is 0 Å². The lowest BCUT2D eigenvalue weighted by Crippen LogP contribution is -2.28. The number of anilines is 1. The Hall–Kier alpha value is -3.03. The molecule has 1 aromatic carbocycles. The Morgan fingerprint density at radius 1 is 1.38 bits per heavy atom. The van der Waals surface area contributed by atoms with Crippen LogP contribution in [0.3, 0.4) is 0 Å². The van der Waals surface area contributed by atoms with E-state index in [-0.39, 0.29) is 17.8 Å². The number of benzene rings is 1. The largest absolute Gasteiger partial charge is 0.497 e. The topological polar surface area (TPSA) is 114 Å². The molecule has 0 unspecified atom stereocenters. The van der Waals surface area contributed by atoms with Crippen molar-refractivity contribution in [2.75, 3.05) is 12.4 Å². The van der Waals surface area contributed by atoms with Crippen molar-refractivity contribution in [3.8, 4) is 5.75 Å². The molecule has 0 saturated heterocycles. The normalized spacial score (nSPS) is 9.95. The molecule has 21 heavy (non-hydrogen) atoms. The number of carbonyl (C=O) groups excluding carboxylic acids is 1. The molecule has 8 heteroatoms. The number of carbonyl (C=O) groups is 2. The molecule has 0 spiro atoms. The lowest BCUT2D eigenvalue weighted by Gasteiger charge is -2.10. The number of carboxylic acid groups (broad SMARTS) is 1. The van der Waals surface area contributed by atoms with Gasteiger partial charge in [0.05, 0.1) is 31.1 Å². The van der Waals surface area contributed by atoms with E-state index in [9.17, 15) is 9.59 Å². The van der Waals surface area contributed by atoms with Crippen molar-refractivity contribution in [2.45, 2.75) is 6.54 Å². The Morgan fingerprint density at radius 2 is 2.19 bits per heavy atom. The summed E-state index contributed by atoms with van der Waals surface area (Å²) in [4.78, 5) is 22.9. The smallest absolute Gasteiger partial charge is 0.337 e. The Bertz CT molecular complexity index is 639. The third-order valence-corrected chi connectivity index (χ3v) is 2.62. The summed E-state index contributed by atoms with van der Waals surface area (Å²) >= 11 is 0. The molecule has 0 aliphatic carbocycles. The molecule has 110 valence electrons. The van der Waals surface area contributed by atoms with Gasteiger partial charge in [0.1, 0.15) is 5.75 Å². The number of nitrogens with one attached hydrogen (secondary N) is 2. The molecule has 0 bridgehead atoms. The third kappa shape index (κ3) is 3.72. The summed E-state index contributed by atoms with van der Waals surface area (Å²) < 4.78 is 9.77. The highest BCUT2D eigenvalue weighted by Crippen LogP contribution is 2.22. The summed E-state index contributed by atoms with van der Waals surface area (Å²) in [7, 11) is 1.43. The second-order valence-electron chi connectivity index (χ2n) is 4.00. The van der Waals surface area contributed by atoms with Crippen LogP contribution in [0.2, 0.25) is 0 Å². The molecule has 3 N–H and O–H groups in total. The van der Waals surface area contributed by atoms with Crippen LogP contribution in [-0.4, -0.2) is 29.4 Å². The summed E-state index contributed by atoms with van der Waals surface area (Å²) in [6, 6.07) is 5.39. The number of aromatic carboxylic acids is 1. The maximum Gasteiger partial charge on any atom is 0.337 e. The summed E-state index contributed by atoms with van der Waals surface area (Å²) in [5.41, 5.74) is 0.0996. The van der Waals surface area contributed by atoms with Gasteiger partial charge in [-0.3, -0.25) is 0 Å². The minimum atomic E-state index is -1.17. The van der Waals surface area contributed by atoms with Crippen LogP contribution in [0.15, 0.2) is 35.0 Å². The van der Waals surface area contributed by atoms with Crippen LogP contribution in [-0.2, 0) is 6.54 Å². The van der Waals surface area contributed by atoms with Gasteiger partial charge in [-0.2, -0.15) is 0 Å². The molecular weight excluding hydrogens is 278 g/mol. The highest BCUT2D eigenvalue weighted by Gasteiger charge is 2.14. The number of ether oxygens (including phenoxy) is 1. The van der Waals surface area contributed by atoms with E-state index < -0.39 is 12.0 Å². The highest BCUT2D eigenvalue weighted by atomic mass is 16.5. The van der Waals surface area contributed by atoms with E-state index in [0.29, 0.717) is 11.5 Å². The molecule has 0 atom stereocenters. The molecule has 2 aromatic rings. The van der Waals surface area contributed by atoms with E-state index in [0.717, 1.165) is 0 Å². The maximum atomic E-state index is 11.7. The fourth-order valence-corrected chi connectivity index (χ4v) is 1.60. The molecule has 2 rings (SSSR count). The van der Waals surface area contributed by atoms with Gasteiger partial charge < -0.3 is 25.0 Å². The second-order valence-corrected chi connectivity index (χ2v) is 4.00. The van der Waals surface area contributed by atoms with E-state index in [2.05, 4.69) is 15.8 Å². The van der Waals surface area contributed by atoms with Gasteiger partial charge in [-0.25, -0.2) is 9.59 Å². The van der Waals surface area contributed by atoms with Gasteiger partial charge in [0, 0.05) is 6.07 Å². The van der Waals surface area contributed by atoms with Crippen LogP contribution in [0.25, 0.3) is 0 Å². The van der Waals surface area contributed by atoms with Crippen LogP contribution in [0.5, 0.6) is 5.75 Å². The molecule has 0 aliphatic rings. The average Bonchev–Trinajstić information content (AvgIpc) is 2.98. The predicted molar refractivity (Wildman–Crippen MR) is 72.3 cm³/mol. The molecule has 0 radical (unpaired) electrons. The van der Waals surface area contributed by atoms with Crippen LogP contribution >= 0.6 is 0 Å². The second kappa shape index (κ2) is 6.42. The van der Waals surface area contributed by atoms with Crippen molar-refractivity contribution >= 4 is 17.7 Å². The first kappa shape index (κ1) is 14.4. The first-order valence-corrected chi connectivity index (χ1v) is 5.96. The number of hydrogen-bond acceptors (Lipinski definition) is 5. The Labute approximate surface area is 119 Å². The highest BCUT2D eigenvalue weighted by molar-refractivity contribution is 6.00. The average molecular weight is 291 g/mol. The van der Waals surface area contributed by atoms with Gasteiger partial charge in [-0.05, 0) is 18.2 Å². The van der Waals surface area contributed by atoms with Gasteiger partial charge in [-0.1, -0.05) is 5.16 Å². The summed E-state index contributed by atoms with van der Waals surface area (Å²) in [5, 5.41) is 17.6. The third-order valence-electron chi connectivity index (χ3n) is 2.62. The van der Waals surface area contributed by atoms with Crippen molar-refractivity contribution < 1.29 is 24.0 Å². The van der Waals surface area contributed by atoms with Gasteiger partial charge in [-0.15, -0.1) is 0 Å². The number of rotatable bonds is 5. The van der Waals surface area contributed by atoms with Gasteiger partial charge in [0.25, 0.3) is 0 Å². The molecule has 1 heterocycles. The van der Waals surface area contributed by atoms with Crippen LogP contribution in [0.1, 0.15) is 16.1 Å². The Morgan fingerprint density at radius 3 is 2.81 bits per heavy atom. The summed E-state index contributed by atoms with van der Waals surface area (Å²) in [5.74, 6) is -0.294. The minimum Gasteiger partial charge on any atom is -0.497 e. The number of methoxy groups -OCH3 is 1. The van der Waals surface area contributed by atoms with Crippen LogP contribution < -0.4 is 15.4 Å². The quantitative estimate of drug-likeness (QED) is 0.772. The maximum absolute atomic E-state index is 11.7. The van der Waals surface area contributed by atoms with Gasteiger partial charge in [0.15, 0.2) is 5.76 Å². The lowest BCUT2D eigenvalue weighted by molar-refractivity contribution is 0.0697. The number of amides is 2. The Kier molecular flexibility index (Phi) is 4.39. The zero-order chi connectivity index (χ0) is 15.2. The number of aromatic nitrogens is 1. The van der Waals surface area contributed by atoms with Gasteiger partial charge in [0.2, 0.25) is 0 Å². The van der Waals surface area contributed by atoms with Crippen LogP contribution in [0.4, 0.5) is 10.5 Å². The molecule has 8 nitrogen and oxygen atoms in total. The van der Waals surface area contributed by atoms with Crippen molar-refractivity contribution in [3.63, 3.8) is 0 Å². The molecule has 2 amide bonds. The fourth-order valence-electron chi connectivity index (χ4n) is 1.60.